The van der Waals surface area contributed by atoms with E-state index in [2.05, 4.69) is 5.10 Å². The van der Waals surface area contributed by atoms with Crippen molar-refractivity contribution in [3.63, 3.8) is 0 Å². The van der Waals surface area contributed by atoms with Gasteiger partial charge in [-0.1, -0.05) is 23.2 Å². The molecule has 84 valence electrons. The van der Waals surface area contributed by atoms with Crippen LogP contribution in [0.1, 0.15) is 22.6 Å². The average molecular weight is 275 g/mol. The predicted molar refractivity (Wildman–Crippen MR) is 65.6 cm³/mol. The quantitative estimate of drug-likeness (QED) is 0.800. The zero-order valence-corrected chi connectivity index (χ0v) is 10.7. The Balaban J connectivity index is 2.22. The van der Waals surface area contributed by atoms with Crippen LogP contribution in [0.15, 0.2) is 24.5 Å². The Labute approximate surface area is 107 Å². The molecule has 0 saturated heterocycles. The van der Waals surface area contributed by atoms with Gasteiger partial charge in [0, 0.05) is 6.20 Å². The van der Waals surface area contributed by atoms with Gasteiger partial charge in [0.25, 0.3) is 0 Å². The maximum atomic E-state index is 12.0. The predicted octanol–water partition coefficient (Wildman–Crippen LogP) is 3.70. The molecule has 0 bridgehead atoms. The van der Waals surface area contributed by atoms with E-state index >= 15 is 0 Å². The van der Waals surface area contributed by atoms with Crippen molar-refractivity contribution < 1.29 is 4.79 Å². The summed E-state index contributed by atoms with van der Waals surface area (Å²) in [6, 6.07) is 3.06. The van der Waals surface area contributed by atoms with Crippen LogP contribution in [0.5, 0.6) is 0 Å². The van der Waals surface area contributed by atoms with Crippen LogP contribution >= 0.6 is 34.5 Å². The first kappa shape index (κ1) is 11.6. The molecule has 0 aliphatic heterocycles. The minimum atomic E-state index is -0.373. The van der Waals surface area contributed by atoms with Crippen LogP contribution in [-0.2, 0) is 0 Å². The highest BCUT2D eigenvalue weighted by Crippen LogP contribution is 2.25. The van der Waals surface area contributed by atoms with Gasteiger partial charge in [0.05, 0.1) is 20.4 Å². The zero-order valence-electron chi connectivity index (χ0n) is 8.35. The van der Waals surface area contributed by atoms with Gasteiger partial charge in [-0.05, 0) is 19.1 Å². The maximum Gasteiger partial charge on any atom is 0.197 e. The Bertz CT molecular complexity index is 520. The topological polar surface area (TPSA) is 34.9 Å². The lowest BCUT2D eigenvalue weighted by Crippen LogP contribution is -2.15. The van der Waals surface area contributed by atoms with Crippen molar-refractivity contribution in [1.82, 2.24) is 9.78 Å². The molecule has 0 aromatic carbocycles. The van der Waals surface area contributed by atoms with E-state index in [4.69, 9.17) is 23.2 Å². The molecule has 3 nitrogen and oxygen atoms in total. The number of aromatic nitrogens is 2. The number of rotatable bonds is 3. The van der Waals surface area contributed by atoms with E-state index in [-0.39, 0.29) is 11.8 Å². The highest BCUT2D eigenvalue weighted by Gasteiger charge is 2.19. The molecule has 1 unspecified atom stereocenters. The molecule has 0 aliphatic rings. The summed E-state index contributed by atoms with van der Waals surface area (Å²) in [7, 11) is 0. The molecule has 16 heavy (non-hydrogen) atoms. The molecule has 0 radical (unpaired) electrons. The number of carbonyl (C=O) groups is 1. The van der Waals surface area contributed by atoms with Crippen molar-refractivity contribution in [2.45, 2.75) is 13.0 Å². The molecule has 0 fully saturated rings. The van der Waals surface area contributed by atoms with Gasteiger partial charge in [-0.25, -0.2) is 0 Å². The second-order valence-electron chi connectivity index (χ2n) is 3.28. The lowest BCUT2D eigenvalue weighted by molar-refractivity contribution is 0.0932. The molecular formula is C10H8Cl2N2OS. The number of ketones is 1. The van der Waals surface area contributed by atoms with E-state index in [9.17, 15) is 4.79 Å². The second-order valence-corrected chi connectivity index (χ2v) is 5.43. The first-order valence-electron chi connectivity index (χ1n) is 4.57. The monoisotopic (exact) mass is 274 g/mol. The number of carbonyl (C=O) groups excluding carboxylic acids is 1. The van der Waals surface area contributed by atoms with Crippen LogP contribution in [-0.4, -0.2) is 15.6 Å². The molecule has 0 N–H and O–H groups in total. The van der Waals surface area contributed by atoms with E-state index in [0.29, 0.717) is 14.2 Å². The van der Waals surface area contributed by atoms with Gasteiger partial charge in [-0.15, -0.1) is 11.3 Å². The largest absolute Gasteiger partial charge is 0.291 e. The van der Waals surface area contributed by atoms with Crippen LogP contribution in [0.3, 0.4) is 0 Å². The van der Waals surface area contributed by atoms with Crippen LogP contribution in [0, 0.1) is 0 Å². The second kappa shape index (κ2) is 4.57. The van der Waals surface area contributed by atoms with E-state index < -0.39 is 0 Å². The summed E-state index contributed by atoms with van der Waals surface area (Å²) in [6.45, 7) is 1.78. The molecule has 0 aliphatic carbocycles. The fraction of sp³-hybridized carbons (Fsp3) is 0.200. The van der Waals surface area contributed by atoms with Gasteiger partial charge in [-0.3, -0.25) is 9.48 Å². The average Bonchev–Trinajstić information content (AvgIpc) is 2.85. The summed E-state index contributed by atoms with van der Waals surface area (Å²) in [5, 5.41) is 4.52. The Morgan fingerprint density at radius 1 is 1.50 bits per heavy atom. The highest BCUT2D eigenvalue weighted by atomic mass is 35.5. The van der Waals surface area contributed by atoms with E-state index in [1.807, 2.05) is 0 Å². The molecule has 2 aromatic heterocycles. The first-order chi connectivity index (χ1) is 7.58. The van der Waals surface area contributed by atoms with Crippen molar-refractivity contribution in [2.24, 2.45) is 0 Å². The third kappa shape index (κ3) is 2.29. The molecule has 0 saturated carbocycles. The van der Waals surface area contributed by atoms with Gasteiger partial charge in [0.15, 0.2) is 5.78 Å². The summed E-state index contributed by atoms with van der Waals surface area (Å²) in [5.41, 5.74) is 0. The number of halogens is 2. The van der Waals surface area contributed by atoms with Crippen molar-refractivity contribution in [1.29, 1.82) is 0 Å². The summed E-state index contributed by atoms with van der Waals surface area (Å²) in [4.78, 5) is 12.6. The molecule has 2 aromatic rings. The Kier molecular flexibility index (Phi) is 3.33. The molecule has 0 spiro atoms. The minimum absolute atomic E-state index is 0.0170. The van der Waals surface area contributed by atoms with Gasteiger partial charge in [0.2, 0.25) is 0 Å². The summed E-state index contributed by atoms with van der Waals surface area (Å²) in [5.74, 6) is -0.0170. The summed E-state index contributed by atoms with van der Waals surface area (Å²) < 4.78 is 2.15. The van der Waals surface area contributed by atoms with E-state index in [1.165, 1.54) is 22.2 Å². The Hall–Kier alpha value is -0.840. The Morgan fingerprint density at radius 3 is 2.75 bits per heavy atom. The molecule has 6 heteroatoms. The fourth-order valence-corrected chi connectivity index (χ4v) is 2.51. The highest BCUT2D eigenvalue weighted by molar-refractivity contribution is 7.18. The summed E-state index contributed by atoms with van der Waals surface area (Å²) in [6.07, 6.45) is 3.13. The number of Topliss-reactive ketones (excluding diaryl/α,β-unsaturated/α-hetero) is 1. The number of thiophene rings is 1. The summed E-state index contributed by atoms with van der Waals surface area (Å²) >= 11 is 12.8. The Morgan fingerprint density at radius 2 is 2.25 bits per heavy atom. The van der Waals surface area contributed by atoms with Crippen LogP contribution < -0.4 is 0 Å². The number of hydrogen-bond acceptors (Lipinski definition) is 3. The third-order valence-corrected chi connectivity index (χ3v) is 3.60. The van der Waals surface area contributed by atoms with Gasteiger partial charge in [-0.2, -0.15) is 5.10 Å². The fourth-order valence-electron chi connectivity index (χ4n) is 1.30. The molecular weight excluding hydrogens is 267 g/mol. The van der Waals surface area contributed by atoms with Crippen LogP contribution in [0.4, 0.5) is 0 Å². The normalized spacial score (nSPS) is 12.7. The third-order valence-electron chi connectivity index (χ3n) is 2.16. The molecule has 1 atom stereocenters. The van der Waals surface area contributed by atoms with Gasteiger partial charge >= 0.3 is 0 Å². The maximum absolute atomic E-state index is 12.0. The van der Waals surface area contributed by atoms with Crippen molar-refractivity contribution in [2.75, 3.05) is 0 Å². The van der Waals surface area contributed by atoms with Crippen molar-refractivity contribution in [3.8, 4) is 0 Å². The lowest BCUT2D eigenvalue weighted by atomic mass is 10.2. The minimum Gasteiger partial charge on any atom is -0.291 e. The smallest absolute Gasteiger partial charge is 0.197 e. The lowest BCUT2D eigenvalue weighted by Gasteiger charge is -2.08. The SMILES string of the molecule is CC(C(=O)c1ccc(Cl)s1)n1cc(Cl)cn1. The molecule has 0 amide bonds. The number of nitrogens with zero attached hydrogens (tertiary/aromatic N) is 2. The molecule has 2 heterocycles. The van der Waals surface area contributed by atoms with Gasteiger partial charge < -0.3 is 0 Å². The van der Waals surface area contributed by atoms with Crippen LogP contribution in [0.25, 0.3) is 0 Å². The number of hydrogen-bond donors (Lipinski definition) is 0. The van der Waals surface area contributed by atoms with Crippen LogP contribution in [0.2, 0.25) is 9.36 Å². The van der Waals surface area contributed by atoms with Crippen molar-refractivity contribution in [3.05, 3.63) is 38.8 Å². The van der Waals surface area contributed by atoms with E-state index in [1.54, 1.807) is 25.3 Å². The van der Waals surface area contributed by atoms with Crippen molar-refractivity contribution >= 4 is 40.3 Å². The van der Waals surface area contributed by atoms with E-state index in [0.717, 1.165) is 0 Å². The standard InChI is InChI=1S/C10H8Cl2N2OS/c1-6(14-5-7(11)4-13-14)10(15)8-2-3-9(12)16-8/h2-6H,1H3. The first-order valence-corrected chi connectivity index (χ1v) is 6.14. The molecule has 2 rings (SSSR count). The zero-order chi connectivity index (χ0) is 11.7. The van der Waals surface area contributed by atoms with Gasteiger partial charge in [0.1, 0.15) is 6.04 Å².